The van der Waals surface area contributed by atoms with Crippen LogP contribution in [0.4, 0.5) is 0 Å². The topological polar surface area (TPSA) is 66.5 Å². The third kappa shape index (κ3) is 6.45. The normalized spacial score (nSPS) is 12.5. The van der Waals surface area contributed by atoms with Crippen molar-refractivity contribution < 1.29 is 13.2 Å². The second kappa shape index (κ2) is 11.3. The Morgan fingerprint density at radius 2 is 1.53 bits per heavy atom. The average molecular weight is 469 g/mol. The first-order valence-electron chi connectivity index (χ1n) is 10.4. The predicted octanol–water partition coefficient (Wildman–Crippen LogP) is 4.52. The van der Waals surface area contributed by atoms with E-state index in [4.69, 9.17) is 0 Å². The average Bonchev–Trinajstić information content (AvgIpc) is 2.82. The van der Waals surface area contributed by atoms with Gasteiger partial charge in [0, 0.05) is 11.4 Å². The van der Waals surface area contributed by atoms with Crippen LogP contribution >= 0.6 is 11.8 Å². The van der Waals surface area contributed by atoms with E-state index in [0.717, 1.165) is 16.0 Å². The molecule has 0 aromatic heterocycles. The number of nitrogens with one attached hydrogen (secondary N) is 1. The van der Waals surface area contributed by atoms with Crippen LogP contribution in [0.15, 0.2) is 94.7 Å². The van der Waals surface area contributed by atoms with Gasteiger partial charge in [-0.3, -0.25) is 4.79 Å². The van der Waals surface area contributed by atoms with Gasteiger partial charge in [0.05, 0.1) is 17.5 Å². The highest BCUT2D eigenvalue weighted by Crippen LogP contribution is 2.20. The molecule has 0 radical (unpaired) electrons. The quantitative estimate of drug-likeness (QED) is 0.444. The fraction of sp³-hybridized carbons (Fsp3) is 0.240. The minimum atomic E-state index is -3.81. The van der Waals surface area contributed by atoms with Gasteiger partial charge in [-0.15, -0.1) is 11.8 Å². The largest absolute Gasteiger partial charge is 0.348 e. The number of nitrogens with zero attached hydrogens (tertiary/aromatic N) is 1. The minimum absolute atomic E-state index is 0.182. The Hall–Kier alpha value is -2.61. The minimum Gasteiger partial charge on any atom is -0.348 e. The summed E-state index contributed by atoms with van der Waals surface area (Å²) in [6.07, 6.45) is 2.53. The Balaban J connectivity index is 1.74. The monoisotopic (exact) mass is 468 g/mol. The molecule has 3 aromatic rings. The summed E-state index contributed by atoms with van der Waals surface area (Å²) in [7, 11) is -3.81. The highest BCUT2D eigenvalue weighted by Gasteiger charge is 2.26. The van der Waals surface area contributed by atoms with E-state index in [1.54, 1.807) is 42.1 Å². The molecule has 1 N–H and O–H groups in total. The van der Waals surface area contributed by atoms with Crippen molar-refractivity contribution in [1.29, 1.82) is 0 Å². The van der Waals surface area contributed by atoms with Gasteiger partial charge < -0.3 is 5.32 Å². The molecule has 0 fully saturated rings. The maximum absolute atomic E-state index is 13.3. The summed E-state index contributed by atoms with van der Waals surface area (Å²) in [6, 6.07) is 25.6. The molecule has 0 aliphatic heterocycles. The molecule has 0 saturated carbocycles. The summed E-state index contributed by atoms with van der Waals surface area (Å²) in [4.78, 5) is 14.2. The molecule has 0 bridgehead atoms. The summed E-state index contributed by atoms with van der Waals surface area (Å²) >= 11 is 1.66. The number of rotatable bonds is 10. The number of carbonyl (C=O) groups excluding carboxylic acids is 1. The van der Waals surface area contributed by atoms with Gasteiger partial charge >= 0.3 is 0 Å². The zero-order valence-electron chi connectivity index (χ0n) is 18.3. The van der Waals surface area contributed by atoms with Crippen molar-refractivity contribution in [2.45, 2.75) is 29.2 Å². The molecule has 7 heteroatoms. The number of hydrogen-bond acceptors (Lipinski definition) is 4. The number of carbonyl (C=O) groups is 1. The lowest BCUT2D eigenvalue weighted by molar-refractivity contribution is -0.121. The van der Waals surface area contributed by atoms with Gasteiger partial charge in [0.25, 0.3) is 0 Å². The van der Waals surface area contributed by atoms with Crippen molar-refractivity contribution in [3.05, 3.63) is 96.1 Å². The zero-order chi connectivity index (χ0) is 23.0. The number of hydrogen-bond donors (Lipinski definition) is 1. The third-order valence-electron chi connectivity index (χ3n) is 5.19. The van der Waals surface area contributed by atoms with E-state index in [1.165, 1.54) is 4.31 Å². The number of sulfonamides is 1. The molecule has 3 aromatic carbocycles. The van der Waals surface area contributed by atoms with Gasteiger partial charge in [-0.05, 0) is 55.0 Å². The first-order valence-corrected chi connectivity index (χ1v) is 13.1. The summed E-state index contributed by atoms with van der Waals surface area (Å²) in [5, 5.41) is 2.93. The SMILES string of the molecule is CSc1ccc([C@H](C)NC(=O)CN(CCc2ccccc2)S(=O)(=O)c2ccccc2)cc1. The Kier molecular flexibility index (Phi) is 8.50. The summed E-state index contributed by atoms with van der Waals surface area (Å²) < 4.78 is 27.8. The van der Waals surface area contributed by atoms with E-state index in [9.17, 15) is 13.2 Å². The smallest absolute Gasteiger partial charge is 0.243 e. The lowest BCUT2D eigenvalue weighted by Crippen LogP contribution is -2.42. The first kappa shape index (κ1) is 24.0. The lowest BCUT2D eigenvalue weighted by Gasteiger charge is -2.23. The maximum atomic E-state index is 13.3. The molecule has 1 amide bonds. The van der Waals surface area contributed by atoms with Crippen LogP contribution in [0.1, 0.15) is 24.1 Å². The van der Waals surface area contributed by atoms with Crippen LogP contribution in [0.5, 0.6) is 0 Å². The molecular weight excluding hydrogens is 440 g/mol. The molecule has 0 heterocycles. The molecular formula is C25H28N2O3S2. The molecule has 32 heavy (non-hydrogen) atoms. The van der Waals surface area contributed by atoms with Crippen molar-refractivity contribution in [3.63, 3.8) is 0 Å². The molecule has 0 spiro atoms. The molecule has 168 valence electrons. The van der Waals surface area contributed by atoms with Crippen LogP contribution in [0.25, 0.3) is 0 Å². The van der Waals surface area contributed by atoms with Crippen molar-refractivity contribution in [2.75, 3.05) is 19.3 Å². The zero-order valence-corrected chi connectivity index (χ0v) is 19.9. The van der Waals surface area contributed by atoms with Crippen LogP contribution < -0.4 is 5.32 Å². The summed E-state index contributed by atoms with van der Waals surface area (Å²) in [6.45, 7) is 1.87. The van der Waals surface area contributed by atoms with E-state index >= 15 is 0 Å². The van der Waals surface area contributed by atoms with E-state index in [-0.39, 0.29) is 29.9 Å². The molecule has 0 saturated heterocycles. The second-order valence-corrected chi connectivity index (χ2v) is 10.3. The highest BCUT2D eigenvalue weighted by molar-refractivity contribution is 7.98. The Labute approximate surface area is 194 Å². The Morgan fingerprint density at radius 3 is 2.12 bits per heavy atom. The number of thioether (sulfide) groups is 1. The van der Waals surface area contributed by atoms with Crippen LogP contribution in [0, 0.1) is 0 Å². The standard InChI is InChI=1S/C25H28N2O3S2/c1-20(22-13-15-23(31-2)16-14-22)26-25(28)19-27(18-17-21-9-5-3-6-10-21)32(29,30)24-11-7-4-8-12-24/h3-16,20H,17-19H2,1-2H3,(H,26,28)/t20-/m0/s1. The molecule has 0 aliphatic carbocycles. The van der Waals surface area contributed by atoms with Crippen molar-refractivity contribution in [1.82, 2.24) is 9.62 Å². The van der Waals surface area contributed by atoms with Gasteiger partial charge in [0.2, 0.25) is 15.9 Å². The third-order valence-corrected chi connectivity index (χ3v) is 7.79. The second-order valence-electron chi connectivity index (χ2n) is 7.45. The fourth-order valence-corrected chi connectivity index (χ4v) is 5.17. The van der Waals surface area contributed by atoms with Crippen molar-refractivity contribution in [2.24, 2.45) is 0 Å². The van der Waals surface area contributed by atoms with E-state index in [1.807, 2.05) is 67.8 Å². The van der Waals surface area contributed by atoms with Crippen LogP contribution in [0.3, 0.4) is 0 Å². The summed E-state index contributed by atoms with van der Waals surface area (Å²) in [5.74, 6) is -0.334. The molecule has 3 rings (SSSR count). The predicted molar refractivity (Wildman–Crippen MR) is 130 cm³/mol. The van der Waals surface area contributed by atoms with E-state index in [2.05, 4.69) is 5.32 Å². The van der Waals surface area contributed by atoms with Gasteiger partial charge in [-0.25, -0.2) is 8.42 Å². The Morgan fingerprint density at radius 1 is 0.938 bits per heavy atom. The first-order chi connectivity index (χ1) is 15.4. The van der Waals surface area contributed by atoms with Gasteiger partial charge in [-0.1, -0.05) is 60.7 Å². The highest BCUT2D eigenvalue weighted by atomic mass is 32.2. The van der Waals surface area contributed by atoms with Gasteiger partial charge in [0.1, 0.15) is 0 Å². The van der Waals surface area contributed by atoms with Crippen LogP contribution in [0.2, 0.25) is 0 Å². The van der Waals surface area contributed by atoms with Crippen LogP contribution in [-0.2, 0) is 21.2 Å². The fourth-order valence-electron chi connectivity index (χ4n) is 3.35. The molecule has 1 atom stereocenters. The van der Waals surface area contributed by atoms with E-state index < -0.39 is 10.0 Å². The van der Waals surface area contributed by atoms with Crippen molar-refractivity contribution >= 4 is 27.7 Å². The van der Waals surface area contributed by atoms with Gasteiger partial charge in [0.15, 0.2) is 0 Å². The lowest BCUT2D eigenvalue weighted by atomic mass is 10.1. The molecule has 5 nitrogen and oxygen atoms in total. The van der Waals surface area contributed by atoms with Crippen LogP contribution in [-0.4, -0.2) is 38.0 Å². The van der Waals surface area contributed by atoms with Gasteiger partial charge in [-0.2, -0.15) is 4.31 Å². The Bertz CT molecular complexity index is 1100. The molecule has 0 aliphatic rings. The number of benzene rings is 3. The molecule has 0 unspecified atom stereocenters. The summed E-state index contributed by atoms with van der Waals surface area (Å²) in [5.41, 5.74) is 1.99. The van der Waals surface area contributed by atoms with Crippen molar-refractivity contribution in [3.8, 4) is 0 Å². The number of amides is 1. The van der Waals surface area contributed by atoms with E-state index in [0.29, 0.717) is 6.42 Å². The maximum Gasteiger partial charge on any atom is 0.243 e.